The molecule has 1 heterocycles. The van der Waals surface area contributed by atoms with Gasteiger partial charge in [0, 0.05) is 12.5 Å². The molecule has 2 aromatic carbocycles. The van der Waals surface area contributed by atoms with E-state index in [4.69, 9.17) is 4.42 Å². The summed E-state index contributed by atoms with van der Waals surface area (Å²) in [5, 5.41) is 0. The lowest BCUT2D eigenvalue weighted by atomic mass is 10.1. The van der Waals surface area contributed by atoms with Crippen molar-refractivity contribution in [2.45, 2.75) is 32.1 Å². The SMILES string of the molecule is CCc1ccccc1NS(=O)(=O)c1cc(-c2cnc(C)o2)ccc1C. The molecule has 0 aliphatic carbocycles. The predicted molar refractivity (Wildman–Crippen MR) is 98.0 cm³/mol. The number of hydrogen-bond donors (Lipinski definition) is 1. The van der Waals surface area contributed by atoms with E-state index in [-0.39, 0.29) is 4.90 Å². The minimum absolute atomic E-state index is 0.227. The molecule has 0 spiro atoms. The first-order chi connectivity index (χ1) is 11.9. The number of anilines is 1. The van der Waals surface area contributed by atoms with Crippen molar-refractivity contribution in [3.05, 3.63) is 65.7 Å². The molecule has 3 aromatic rings. The second-order valence-electron chi connectivity index (χ2n) is 5.84. The van der Waals surface area contributed by atoms with E-state index in [1.807, 2.05) is 31.2 Å². The normalized spacial score (nSPS) is 11.5. The summed E-state index contributed by atoms with van der Waals surface area (Å²) in [4.78, 5) is 4.29. The zero-order valence-electron chi connectivity index (χ0n) is 14.4. The molecule has 6 heteroatoms. The van der Waals surface area contributed by atoms with E-state index in [0.717, 1.165) is 12.0 Å². The number of oxazole rings is 1. The molecule has 0 radical (unpaired) electrons. The highest BCUT2D eigenvalue weighted by atomic mass is 32.2. The number of aryl methyl sites for hydroxylation is 3. The Labute approximate surface area is 147 Å². The number of sulfonamides is 1. The lowest BCUT2D eigenvalue weighted by Crippen LogP contribution is -2.15. The van der Waals surface area contributed by atoms with Crippen molar-refractivity contribution in [3.8, 4) is 11.3 Å². The molecular weight excluding hydrogens is 336 g/mol. The highest BCUT2D eigenvalue weighted by Gasteiger charge is 2.19. The maximum Gasteiger partial charge on any atom is 0.262 e. The molecule has 0 unspecified atom stereocenters. The number of para-hydroxylation sites is 1. The third-order valence-corrected chi connectivity index (χ3v) is 5.53. The van der Waals surface area contributed by atoms with Gasteiger partial charge in [-0.05, 0) is 36.6 Å². The fourth-order valence-electron chi connectivity index (χ4n) is 2.67. The third-order valence-electron chi connectivity index (χ3n) is 4.03. The van der Waals surface area contributed by atoms with E-state index in [0.29, 0.717) is 28.5 Å². The number of hydrogen-bond acceptors (Lipinski definition) is 4. The van der Waals surface area contributed by atoms with Crippen molar-refractivity contribution in [1.29, 1.82) is 0 Å². The number of aromatic nitrogens is 1. The van der Waals surface area contributed by atoms with Gasteiger partial charge >= 0.3 is 0 Å². The summed E-state index contributed by atoms with van der Waals surface area (Å²) in [6, 6.07) is 12.6. The van der Waals surface area contributed by atoms with Crippen LogP contribution >= 0.6 is 0 Å². The van der Waals surface area contributed by atoms with Gasteiger partial charge in [0.25, 0.3) is 10.0 Å². The molecule has 5 nitrogen and oxygen atoms in total. The van der Waals surface area contributed by atoms with Crippen LogP contribution in [0.15, 0.2) is 58.0 Å². The summed E-state index contributed by atoms with van der Waals surface area (Å²) >= 11 is 0. The van der Waals surface area contributed by atoms with Crippen LogP contribution in [0.5, 0.6) is 0 Å². The highest BCUT2D eigenvalue weighted by Crippen LogP contribution is 2.28. The van der Waals surface area contributed by atoms with Gasteiger partial charge in [-0.25, -0.2) is 13.4 Å². The second-order valence-corrected chi connectivity index (χ2v) is 7.49. The minimum Gasteiger partial charge on any atom is -0.441 e. The van der Waals surface area contributed by atoms with E-state index < -0.39 is 10.0 Å². The summed E-state index contributed by atoms with van der Waals surface area (Å²) in [6.07, 6.45) is 2.34. The lowest BCUT2D eigenvalue weighted by molar-refractivity contribution is 0.534. The van der Waals surface area contributed by atoms with Crippen LogP contribution in [0.3, 0.4) is 0 Å². The number of nitrogens with zero attached hydrogens (tertiary/aromatic N) is 1. The van der Waals surface area contributed by atoms with E-state index in [2.05, 4.69) is 9.71 Å². The maximum atomic E-state index is 12.9. The van der Waals surface area contributed by atoms with Gasteiger partial charge in [-0.3, -0.25) is 4.72 Å². The molecule has 0 bridgehead atoms. The Hall–Kier alpha value is -2.60. The first-order valence-corrected chi connectivity index (χ1v) is 9.53. The van der Waals surface area contributed by atoms with Crippen LogP contribution in [0.25, 0.3) is 11.3 Å². The Morgan fingerprint density at radius 1 is 1.12 bits per heavy atom. The molecule has 1 aromatic heterocycles. The lowest BCUT2D eigenvalue weighted by Gasteiger charge is -2.14. The van der Waals surface area contributed by atoms with E-state index in [1.54, 1.807) is 38.2 Å². The molecule has 1 N–H and O–H groups in total. The molecule has 25 heavy (non-hydrogen) atoms. The predicted octanol–water partition coefficient (Wildman–Crippen LogP) is 4.32. The summed E-state index contributed by atoms with van der Waals surface area (Å²) in [6.45, 7) is 5.51. The Morgan fingerprint density at radius 2 is 1.88 bits per heavy atom. The van der Waals surface area contributed by atoms with Gasteiger partial charge in [0.15, 0.2) is 11.7 Å². The van der Waals surface area contributed by atoms with Gasteiger partial charge in [-0.15, -0.1) is 0 Å². The molecular formula is C19H20N2O3S. The van der Waals surface area contributed by atoms with Gasteiger partial charge in [-0.1, -0.05) is 37.3 Å². The Balaban J connectivity index is 2.02. The largest absolute Gasteiger partial charge is 0.441 e. The van der Waals surface area contributed by atoms with Crippen LogP contribution in [0.1, 0.15) is 23.9 Å². The second kappa shape index (κ2) is 6.72. The van der Waals surface area contributed by atoms with Crippen molar-refractivity contribution in [1.82, 2.24) is 4.98 Å². The minimum atomic E-state index is -3.71. The van der Waals surface area contributed by atoms with Crippen LogP contribution < -0.4 is 4.72 Å². The monoisotopic (exact) mass is 356 g/mol. The fraction of sp³-hybridized carbons (Fsp3) is 0.211. The molecule has 0 saturated heterocycles. The summed E-state index contributed by atoms with van der Waals surface area (Å²) in [7, 11) is -3.71. The average molecular weight is 356 g/mol. The smallest absolute Gasteiger partial charge is 0.262 e. The molecule has 3 rings (SSSR count). The molecule has 0 atom stereocenters. The van der Waals surface area contributed by atoms with Crippen LogP contribution in [-0.2, 0) is 16.4 Å². The highest BCUT2D eigenvalue weighted by molar-refractivity contribution is 7.92. The third kappa shape index (κ3) is 3.58. The van der Waals surface area contributed by atoms with Gasteiger partial charge in [-0.2, -0.15) is 0 Å². The van der Waals surface area contributed by atoms with Crippen molar-refractivity contribution in [2.24, 2.45) is 0 Å². The topological polar surface area (TPSA) is 72.2 Å². The Bertz CT molecular complexity index is 1010. The molecule has 0 fully saturated rings. The Morgan fingerprint density at radius 3 is 2.56 bits per heavy atom. The summed E-state index contributed by atoms with van der Waals surface area (Å²) < 4.78 is 34.1. The average Bonchev–Trinajstić information content (AvgIpc) is 3.01. The van der Waals surface area contributed by atoms with Gasteiger partial charge < -0.3 is 4.42 Å². The molecule has 0 amide bonds. The van der Waals surface area contributed by atoms with Crippen molar-refractivity contribution in [3.63, 3.8) is 0 Å². The summed E-state index contributed by atoms with van der Waals surface area (Å²) in [5.74, 6) is 1.08. The number of rotatable bonds is 5. The molecule has 130 valence electrons. The van der Waals surface area contributed by atoms with Gasteiger partial charge in [0.05, 0.1) is 16.8 Å². The first-order valence-electron chi connectivity index (χ1n) is 8.05. The summed E-state index contributed by atoms with van der Waals surface area (Å²) in [5.41, 5.74) is 2.90. The van der Waals surface area contributed by atoms with Crippen molar-refractivity contribution in [2.75, 3.05) is 4.72 Å². The first kappa shape index (κ1) is 17.2. The van der Waals surface area contributed by atoms with E-state index >= 15 is 0 Å². The van der Waals surface area contributed by atoms with Gasteiger partial charge in [0.2, 0.25) is 0 Å². The van der Waals surface area contributed by atoms with Crippen LogP contribution in [0.2, 0.25) is 0 Å². The van der Waals surface area contributed by atoms with Crippen LogP contribution in [-0.4, -0.2) is 13.4 Å². The molecule has 0 aliphatic heterocycles. The van der Waals surface area contributed by atoms with Crippen LogP contribution in [0.4, 0.5) is 5.69 Å². The molecule has 0 aliphatic rings. The zero-order chi connectivity index (χ0) is 18.0. The number of benzene rings is 2. The van der Waals surface area contributed by atoms with E-state index in [1.165, 1.54) is 0 Å². The standard InChI is InChI=1S/C19H20N2O3S/c1-4-15-7-5-6-8-17(15)21-25(22,23)19-11-16(10-9-13(19)2)18-12-20-14(3)24-18/h5-12,21H,4H2,1-3H3. The van der Waals surface area contributed by atoms with E-state index in [9.17, 15) is 8.42 Å². The van der Waals surface area contributed by atoms with Crippen molar-refractivity contribution < 1.29 is 12.8 Å². The fourth-order valence-corrected chi connectivity index (χ4v) is 4.04. The zero-order valence-corrected chi connectivity index (χ0v) is 15.2. The Kier molecular flexibility index (Phi) is 4.63. The number of nitrogens with one attached hydrogen (secondary N) is 1. The van der Waals surface area contributed by atoms with Crippen LogP contribution in [0, 0.1) is 13.8 Å². The van der Waals surface area contributed by atoms with Crippen molar-refractivity contribution >= 4 is 15.7 Å². The van der Waals surface area contributed by atoms with Gasteiger partial charge in [0.1, 0.15) is 0 Å². The quantitative estimate of drug-likeness (QED) is 0.739. The maximum absolute atomic E-state index is 12.9. The molecule has 0 saturated carbocycles.